The molecule has 10 nitrogen and oxygen atoms in total. The zero-order chi connectivity index (χ0) is 25.8. The highest BCUT2D eigenvalue weighted by Crippen LogP contribution is 2.40. The van der Waals surface area contributed by atoms with Crippen molar-refractivity contribution < 1.29 is 22.6 Å². The van der Waals surface area contributed by atoms with Crippen molar-refractivity contribution in [2.45, 2.75) is 6.92 Å². The lowest BCUT2D eigenvalue weighted by Gasteiger charge is -2.30. The number of rotatable bonds is 11. The lowest BCUT2D eigenvalue weighted by molar-refractivity contribution is 0.391. The minimum Gasteiger partial charge on any atom is -0.494 e. The van der Waals surface area contributed by atoms with Gasteiger partial charge in [0.2, 0.25) is 21.9 Å². The molecule has 12 heteroatoms. The van der Waals surface area contributed by atoms with Gasteiger partial charge in [0, 0.05) is 12.6 Å². The second kappa shape index (κ2) is 10.7. The molecule has 0 unspecified atom stereocenters. The fourth-order valence-corrected chi connectivity index (χ4v) is 5.28. The van der Waals surface area contributed by atoms with Crippen LogP contribution >= 0.6 is 10.0 Å². The molecule has 3 aromatic rings. The highest BCUT2D eigenvalue weighted by Gasteiger charge is 2.31. The Kier molecular flexibility index (Phi) is 8.16. The molecule has 0 aliphatic rings. The average molecular weight is 524 g/mol. The van der Waals surface area contributed by atoms with Crippen molar-refractivity contribution in [3.63, 3.8) is 0 Å². The molecule has 0 aliphatic carbocycles. The van der Waals surface area contributed by atoms with Gasteiger partial charge in [0.05, 0.1) is 27.1 Å². The number of sulfonamides is 1. The number of anilines is 1. The normalized spacial score (nSPS) is 12.3. The molecule has 0 saturated heterocycles. The van der Waals surface area contributed by atoms with E-state index >= 15 is 0 Å². The first-order valence-electron chi connectivity index (χ1n) is 10.9. The number of pyridine rings is 1. The van der Waals surface area contributed by atoms with Crippen LogP contribution in [0.1, 0.15) is 6.92 Å². The Balaban J connectivity index is 2.37. The molecule has 3 rings (SSSR count). The Bertz CT molecular complexity index is 1250. The third kappa shape index (κ3) is 5.81. The van der Waals surface area contributed by atoms with Crippen molar-refractivity contribution in [2.75, 3.05) is 62.5 Å². The first-order chi connectivity index (χ1) is 16.6. The fraction of sp³-hybridized carbons (Fsp3) is 0.435. The van der Waals surface area contributed by atoms with Crippen molar-refractivity contribution in [3.05, 3.63) is 36.4 Å². The summed E-state index contributed by atoms with van der Waals surface area (Å²) in [5.41, 5.74) is 0.919. The van der Waals surface area contributed by atoms with E-state index in [1.807, 2.05) is 0 Å². The first-order valence-corrected chi connectivity index (χ1v) is 15.5. The Morgan fingerprint density at radius 2 is 1.54 bits per heavy atom. The lowest BCUT2D eigenvalue weighted by Crippen LogP contribution is -2.37. The molecular weight excluding hydrogens is 490 g/mol. The maximum Gasteiger partial charge on any atom is 0.246 e. The minimum atomic E-state index is -3.69. The molecule has 0 amide bonds. The largest absolute Gasteiger partial charge is 0.494 e. The number of aromatic nitrogens is 4. The average Bonchev–Trinajstić information content (AvgIpc) is 3.26. The number of methoxy groups -OCH3 is 3. The summed E-state index contributed by atoms with van der Waals surface area (Å²) >= 11 is 0. The fourth-order valence-electron chi connectivity index (χ4n) is 3.39. The van der Waals surface area contributed by atoms with E-state index in [2.05, 4.69) is 33.9 Å². The van der Waals surface area contributed by atoms with Gasteiger partial charge in [-0.05, 0) is 49.6 Å². The van der Waals surface area contributed by atoms with Crippen LogP contribution in [0.15, 0.2) is 36.4 Å². The summed E-state index contributed by atoms with van der Waals surface area (Å²) in [5.74, 6) is 2.37. The van der Waals surface area contributed by atoms with Crippen LogP contribution in [0.25, 0.3) is 17.2 Å². The number of ether oxygens (including phenoxy) is 3. The molecule has 2 aromatic heterocycles. The Morgan fingerprint density at radius 3 is 2.09 bits per heavy atom. The second-order valence-corrected chi connectivity index (χ2v) is 15.3. The maximum absolute atomic E-state index is 13.3. The molecule has 0 atom stereocenters. The Morgan fingerprint density at radius 1 is 0.914 bits per heavy atom. The van der Waals surface area contributed by atoms with Crippen LogP contribution in [-0.4, -0.2) is 86.3 Å². The van der Waals surface area contributed by atoms with E-state index in [9.17, 15) is 8.42 Å². The van der Waals surface area contributed by atoms with Crippen LogP contribution < -0.4 is 18.5 Å². The number of nitrogens with zero attached hydrogens (tertiary/aromatic N) is 5. The van der Waals surface area contributed by atoms with Crippen LogP contribution in [0.4, 0.5) is 5.95 Å². The molecule has 1 aromatic carbocycles. The van der Waals surface area contributed by atoms with Gasteiger partial charge in [0.1, 0.15) is 22.9 Å². The summed E-state index contributed by atoms with van der Waals surface area (Å²) in [4.78, 5) is 4.51. The van der Waals surface area contributed by atoms with Crippen molar-refractivity contribution in [2.24, 2.45) is 0 Å². The molecule has 0 N–H and O–H groups in total. The number of hydrogen-bond donors (Lipinski definition) is 0. The SMILES string of the molecule is CCS(=O)(=O)N(CCS(C)(C)C)c1nnc(-c2cccc(OC)n2)n1-c1c(OC)cccc1OC. The molecule has 0 saturated carbocycles. The van der Waals surface area contributed by atoms with Crippen molar-refractivity contribution in [1.82, 2.24) is 19.7 Å². The molecule has 192 valence electrons. The highest BCUT2D eigenvalue weighted by atomic mass is 32.3. The molecule has 35 heavy (non-hydrogen) atoms. The summed E-state index contributed by atoms with van der Waals surface area (Å²) in [6.45, 7) is 1.87. The molecular formula is C23H33N5O5S2. The quantitative estimate of drug-likeness (QED) is 0.377. The van der Waals surface area contributed by atoms with Crippen LogP contribution in [0.3, 0.4) is 0 Å². The molecule has 0 radical (unpaired) electrons. The van der Waals surface area contributed by atoms with Gasteiger partial charge in [-0.3, -0.25) is 4.57 Å². The molecule has 0 aliphatic heterocycles. The van der Waals surface area contributed by atoms with E-state index in [1.165, 1.54) is 25.6 Å². The lowest BCUT2D eigenvalue weighted by atomic mass is 10.2. The third-order valence-electron chi connectivity index (χ3n) is 5.26. The summed E-state index contributed by atoms with van der Waals surface area (Å²) < 4.78 is 46.2. The van der Waals surface area contributed by atoms with Gasteiger partial charge in [0.25, 0.3) is 0 Å². The highest BCUT2D eigenvalue weighted by molar-refractivity contribution is 8.32. The standard InChI is InChI=1S/C23H33N5O5S2/c1-8-35(29,30)27(15-16-34(5,6)7)23-26-25-22(17-11-9-14-20(24-17)33-4)28(23)21-18(31-2)12-10-13-19(21)32-3/h9-14H,8,15-16H2,1-7H3. The predicted molar refractivity (Wildman–Crippen MR) is 141 cm³/mol. The van der Waals surface area contributed by atoms with E-state index in [0.29, 0.717) is 40.3 Å². The molecule has 0 bridgehead atoms. The summed E-state index contributed by atoms with van der Waals surface area (Å²) in [5, 5.41) is 8.75. The molecule has 2 heterocycles. The van der Waals surface area contributed by atoms with E-state index in [1.54, 1.807) is 47.9 Å². The van der Waals surface area contributed by atoms with Gasteiger partial charge >= 0.3 is 0 Å². The molecule has 0 fully saturated rings. The Hall–Kier alpha value is -2.99. The predicted octanol–water partition coefficient (Wildman–Crippen LogP) is 3.21. The third-order valence-corrected chi connectivity index (χ3v) is 8.42. The van der Waals surface area contributed by atoms with Gasteiger partial charge in [-0.15, -0.1) is 10.2 Å². The van der Waals surface area contributed by atoms with Crippen LogP contribution in [0.5, 0.6) is 17.4 Å². The van der Waals surface area contributed by atoms with E-state index in [4.69, 9.17) is 14.2 Å². The van der Waals surface area contributed by atoms with Gasteiger partial charge in [-0.25, -0.2) is 27.7 Å². The van der Waals surface area contributed by atoms with Crippen LogP contribution in [0.2, 0.25) is 0 Å². The number of hydrogen-bond acceptors (Lipinski definition) is 8. The van der Waals surface area contributed by atoms with Crippen molar-refractivity contribution in [1.29, 1.82) is 0 Å². The van der Waals surface area contributed by atoms with Gasteiger partial charge in [0.15, 0.2) is 5.82 Å². The smallest absolute Gasteiger partial charge is 0.246 e. The first kappa shape index (κ1) is 26.6. The van der Waals surface area contributed by atoms with Gasteiger partial charge in [-0.2, -0.15) is 0 Å². The second-order valence-electron chi connectivity index (χ2n) is 8.50. The van der Waals surface area contributed by atoms with Gasteiger partial charge in [-0.1, -0.05) is 12.1 Å². The van der Waals surface area contributed by atoms with Crippen molar-refractivity contribution >= 4 is 26.0 Å². The van der Waals surface area contributed by atoms with Gasteiger partial charge < -0.3 is 14.2 Å². The van der Waals surface area contributed by atoms with E-state index < -0.39 is 20.1 Å². The topological polar surface area (TPSA) is 109 Å². The van der Waals surface area contributed by atoms with Crippen LogP contribution in [0, 0.1) is 0 Å². The molecule has 0 spiro atoms. The zero-order valence-corrected chi connectivity index (χ0v) is 22.8. The zero-order valence-electron chi connectivity index (χ0n) is 21.2. The Labute approximate surface area is 208 Å². The van der Waals surface area contributed by atoms with Crippen LogP contribution in [-0.2, 0) is 10.0 Å². The summed E-state index contributed by atoms with van der Waals surface area (Å²) in [6, 6.07) is 10.6. The number of para-hydroxylation sites is 1. The minimum absolute atomic E-state index is 0.0882. The maximum atomic E-state index is 13.3. The number of benzene rings is 1. The van der Waals surface area contributed by atoms with E-state index in [0.717, 1.165) is 0 Å². The van der Waals surface area contributed by atoms with E-state index in [-0.39, 0.29) is 18.2 Å². The monoisotopic (exact) mass is 523 g/mol. The summed E-state index contributed by atoms with van der Waals surface area (Å²) in [7, 11) is -0.0878. The van der Waals surface area contributed by atoms with Crippen molar-refractivity contribution in [3.8, 4) is 34.6 Å². The summed E-state index contributed by atoms with van der Waals surface area (Å²) in [6.07, 6.45) is 6.43.